The SMILES string of the molecule is COc1ccccc1C(C#N)C(=O)c1cc(Br)ccc1Br. The lowest BCUT2D eigenvalue weighted by atomic mass is 9.91. The van der Waals surface area contributed by atoms with Gasteiger partial charge in [-0.1, -0.05) is 50.1 Å². The number of methoxy groups -OCH3 is 1. The number of carbonyl (C=O) groups excluding carboxylic acids is 1. The molecule has 1 atom stereocenters. The number of carbonyl (C=O) groups is 1. The maximum atomic E-state index is 12.7. The molecule has 0 N–H and O–H groups in total. The highest BCUT2D eigenvalue weighted by Gasteiger charge is 2.26. The molecule has 0 aliphatic heterocycles. The van der Waals surface area contributed by atoms with Crippen molar-refractivity contribution < 1.29 is 9.53 Å². The van der Waals surface area contributed by atoms with E-state index in [9.17, 15) is 10.1 Å². The summed E-state index contributed by atoms with van der Waals surface area (Å²) in [5.74, 6) is -0.648. The third kappa shape index (κ3) is 3.34. The molecule has 0 aliphatic rings. The summed E-state index contributed by atoms with van der Waals surface area (Å²) in [6.45, 7) is 0. The van der Waals surface area contributed by atoms with Gasteiger partial charge in [-0.3, -0.25) is 4.79 Å². The quantitative estimate of drug-likeness (QED) is 0.688. The van der Waals surface area contributed by atoms with Crippen LogP contribution < -0.4 is 4.74 Å². The van der Waals surface area contributed by atoms with E-state index in [0.29, 0.717) is 21.3 Å². The van der Waals surface area contributed by atoms with E-state index >= 15 is 0 Å². The molecule has 0 heterocycles. The first-order valence-corrected chi connectivity index (χ1v) is 7.69. The average molecular weight is 409 g/mol. The fourth-order valence-electron chi connectivity index (χ4n) is 2.02. The molecule has 0 radical (unpaired) electrons. The Labute approximate surface area is 139 Å². The number of rotatable bonds is 4. The zero-order chi connectivity index (χ0) is 15.4. The Bertz CT molecular complexity index is 722. The Morgan fingerprint density at radius 3 is 2.62 bits per heavy atom. The van der Waals surface area contributed by atoms with Crippen molar-refractivity contribution in [1.82, 2.24) is 0 Å². The number of hydrogen-bond donors (Lipinski definition) is 0. The molecule has 3 nitrogen and oxygen atoms in total. The van der Waals surface area contributed by atoms with E-state index in [1.165, 1.54) is 7.11 Å². The molecule has 0 spiro atoms. The van der Waals surface area contributed by atoms with Crippen LogP contribution in [-0.4, -0.2) is 12.9 Å². The molecule has 21 heavy (non-hydrogen) atoms. The van der Waals surface area contributed by atoms with Gasteiger partial charge in [0, 0.05) is 20.1 Å². The molecular weight excluding hydrogens is 398 g/mol. The van der Waals surface area contributed by atoms with E-state index in [1.807, 2.05) is 6.07 Å². The van der Waals surface area contributed by atoms with Crippen molar-refractivity contribution in [3.05, 3.63) is 62.5 Å². The smallest absolute Gasteiger partial charge is 0.185 e. The van der Waals surface area contributed by atoms with E-state index in [-0.39, 0.29) is 5.78 Å². The molecule has 0 aromatic heterocycles. The number of nitriles is 1. The van der Waals surface area contributed by atoms with Gasteiger partial charge >= 0.3 is 0 Å². The van der Waals surface area contributed by atoms with Crippen molar-refractivity contribution in [2.24, 2.45) is 0 Å². The summed E-state index contributed by atoms with van der Waals surface area (Å²) in [6.07, 6.45) is 0. The highest BCUT2D eigenvalue weighted by atomic mass is 79.9. The van der Waals surface area contributed by atoms with Crippen LogP contribution in [0.5, 0.6) is 5.75 Å². The van der Waals surface area contributed by atoms with Gasteiger partial charge in [-0.15, -0.1) is 0 Å². The van der Waals surface area contributed by atoms with Gasteiger partial charge in [0.25, 0.3) is 0 Å². The van der Waals surface area contributed by atoms with E-state index < -0.39 is 5.92 Å². The van der Waals surface area contributed by atoms with E-state index in [2.05, 4.69) is 37.9 Å². The molecule has 2 aromatic carbocycles. The number of benzene rings is 2. The number of nitrogens with zero attached hydrogens (tertiary/aromatic N) is 1. The Kier molecular flexibility index (Phi) is 5.16. The molecule has 1 unspecified atom stereocenters. The Morgan fingerprint density at radius 2 is 1.95 bits per heavy atom. The van der Waals surface area contributed by atoms with Crippen LogP contribution >= 0.6 is 31.9 Å². The molecule has 106 valence electrons. The van der Waals surface area contributed by atoms with Gasteiger partial charge in [0.2, 0.25) is 0 Å². The Balaban J connectivity index is 2.49. The predicted octanol–water partition coefficient (Wildman–Crippen LogP) is 4.71. The number of Topliss-reactive ketones (excluding diaryl/α,β-unsaturated/α-hetero) is 1. The number of ether oxygens (including phenoxy) is 1. The van der Waals surface area contributed by atoms with Gasteiger partial charge in [-0.2, -0.15) is 5.26 Å². The third-order valence-electron chi connectivity index (χ3n) is 3.04. The van der Waals surface area contributed by atoms with E-state index in [1.54, 1.807) is 36.4 Å². The second kappa shape index (κ2) is 6.88. The van der Waals surface area contributed by atoms with Crippen LogP contribution in [0.4, 0.5) is 0 Å². The summed E-state index contributed by atoms with van der Waals surface area (Å²) in [4.78, 5) is 12.7. The highest BCUT2D eigenvalue weighted by molar-refractivity contribution is 9.11. The minimum absolute atomic E-state index is 0.268. The zero-order valence-corrected chi connectivity index (χ0v) is 14.3. The Morgan fingerprint density at radius 1 is 1.24 bits per heavy atom. The summed E-state index contributed by atoms with van der Waals surface area (Å²) in [7, 11) is 1.52. The van der Waals surface area contributed by atoms with Gasteiger partial charge in [0.15, 0.2) is 5.78 Å². The second-order valence-corrected chi connectivity index (χ2v) is 6.06. The van der Waals surface area contributed by atoms with Crippen LogP contribution in [0, 0.1) is 11.3 Å². The maximum Gasteiger partial charge on any atom is 0.185 e. The first kappa shape index (κ1) is 15.7. The van der Waals surface area contributed by atoms with Crippen molar-refractivity contribution in [3.8, 4) is 11.8 Å². The van der Waals surface area contributed by atoms with Crippen molar-refractivity contribution in [2.75, 3.05) is 7.11 Å². The fraction of sp³-hybridized carbons (Fsp3) is 0.125. The van der Waals surface area contributed by atoms with Gasteiger partial charge in [0.1, 0.15) is 11.7 Å². The van der Waals surface area contributed by atoms with E-state index in [4.69, 9.17) is 4.74 Å². The van der Waals surface area contributed by atoms with Crippen LogP contribution in [0.1, 0.15) is 21.8 Å². The largest absolute Gasteiger partial charge is 0.496 e. The Hall–Kier alpha value is -1.64. The van der Waals surface area contributed by atoms with Crippen LogP contribution in [0.2, 0.25) is 0 Å². The van der Waals surface area contributed by atoms with Crippen molar-refractivity contribution in [1.29, 1.82) is 5.26 Å². The lowest BCUT2D eigenvalue weighted by molar-refractivity contribution is 0.0977. The predicted molar refractivity (Wildman–Crippen MR) is 87.5 cm³/mol. The molecule has 0 bridgehead atoms. The zero-order valence-electron chi connectivity index (χ0n) is 11.1. The summed E-state index contributed by atoms with van der Waals surface area (Å²) in [5, 5.41) is 9.44. The van der Waals surface area contributed by atoms with Crippen molar-refractivity contribution in [3.63, 3.8) is 0 Å². The summed E-state index contributed by atoms with van der Waals surface area (Å²) < 4.78 is 6.69. The minimum Gasteiger partial charge on any atom is -0.496 e. The van der Waals surface area contributed by atoms with Gasteiger partial charge in [-0.25, -0.2) is 0 Å². The summed E-state index contributed by atoms with van der Waals surface area (Å²) in [6, 6.07) is 14.4. The number of para-hydroxylation sites is 1. The molecule has 0 saturated heterocycles. The normalized spacial score (nSPS) is 11.5. The first-order chi connectivity index (χ1) is 10.1. The first-order valence-electron chi connectivity index (χ1n) is 6.10. The molecule has 5 heteroatoms. The topological polar surface area (TPSA) is 50.1 Å². The van der Waals surface area contributed by atoms with Crippen LogP contribution in [0.25, 0.3) is 0 Å². The standard InChI is InChI=1S/C16H11Br2NO2/c1-21-15-5-3-2-4-11(15)13(9-19)16(20)12-8-10(17)6-7-14(12)18/h2-8,13H,1H3. The molecule has 2 aromatic rings. The fourth-order valence-corrected chi connectivity index (χ4v) is 2.82. The molecular formula is C16H11Br2NO2. The minimum atomic E-state index is -0.910. The maximum absolute atomic E-state index is 12.7. The van der Waals surface area contributed by atoms with Crippen LogP contribution in [0.3, 0.4) is 0 Å². The van der Waals surface area contributed by atoms with Crippen molar-refractivity contribution in [2.45, 2.75) is 5.92 Å². The monoisotopic (exact) mass is 407 g/mol. The summed E-state index contributed by atoms with van der Waals surface area (Å²) in [5.41, 5.74) is 1.03. The molecule has 0 fully saturated rings. The number of ketones is 1. The van der Waals surface area contributed by atoms with Gasteiger partial charge in [0.05, 0.1) is 13.2 Å². The second-order valence-electron chi connectivity index (χ2n) is 4.29. The molecule has 0 saturated carbocycles. The number of halogens is 2. The molecule has 0 aliphatic carbocycles. The van der Waals surface area contributed by atoms with E-state index in [0.717, 1.165) is 4.47 Å². The summed E-state index contributed by atoms with van der Waals surface area (Å²) >= 11 is 6.69. The van der Waals surface area contributed by atoms with Crippen LogP contribution in [0.15, 0.2) is 51.4 Å². The molecule has 0 amide bonds. The number of hydrogen-bond acceptors (Lipinski definition) is 3. The highest BCUT2D eigenvalue weighted by Crippen LogP contribution is 2.31. The van der Waals surface area contributed by atoms with Crippen LogP contribution in [-0.2, 0) is 0 Å². The van der Waals surface area contributed by atoms with Crippen molar-refractivity contribution >= 4 is 37.6 Å². The average Bonchev–Trinajstić information content (AvgIpc) is 2.50. The van der Waals surface area contributed by atoms with Gasteiger partial charge in [-0.05, 0) is 24.3 Å². The van der Waals surface area contributed by atoms with Gasteiger partial charge < -0.3 is 4.74 Å². The third-order valence-corrected chi connectivity index (χ3v) is 4.22. The lowest BCUT2D eigenvalue weighted by Gasteiger charge is -2.13. The molecule has 2 rings (SSSR count). The lowest BCUT2D eigenvalue weighted by Crippen LogP contribution is -2.13.